The lowest BCUT2D eigenvalue weighted by atomic mass is 10.1. The number of nitrogens with zero attached hydrogens (tertiary/aromatic N) is 1. The van der Waals surface area contributed by atoms with Crippen molar-refractivity contribution in [2.45, 2.75) is 20.4 Å². The van der Waals surface area contributed by atoms with E-state index in [2.05, 4.69) is 17.2 Å². The summed E-state index contributed by atoms with van der Waals surface area (Å²) in [7, 11) is 3.29. The van der Waals surface area contributed by atoms with Gasteiger partial charge in [-0.15, -0.1) is 11.3 Å². The van der Waals surface area contributed by atoms with Crippen molar-refractivity contribution in [2.24, 2.45) is 0 Å². The lowest BCUT2D eigenvalue weighted by molar-refractivity contribution is 0.355. The van der Waals surface area contributed by atoms with E-state index in [1.54, 1.807) is 25.6 Å². The smallest absolute Gasteiger partial charge is 0.161 e. The Morgan fingerprint density at radius 2 is 1.95 bits per heavy atom. The number of nitrogens with one attached hydrogen (secondary N) is 1. The van der Waals surface area contributed by atoms with Crippen LogP contribution in [-0.4, -0.2) is 25.7 Å². The van der Waals surface area contributed by atoms with Crippen LogP contribution in [0.3, 0.4) is 0 Å². The molecule has 0 fully saturated rings. The molecule has 0 spiro atoms. The molecule has 0 amide bonds. The highest BCUT2D eigenvalue weighted by Crippen LogP contribution is 2.36. The van der Waals surface area contributed by atoms with E-state index in [0.29, 0.717) is 0 Å². The summed E-state index contributed by atoms with van der Waals surface area (Å²) in [6.45, 7) is 5.90. The average Bonchev–Trinajstić information content (AvgIpc) is 2.85. The molecule has 1 aromatic heterocycles. The third-order valence-electron chi connectivity index (χ3n) is 3.01. The highest BCUT2D eigenvalue weighted by molar-refractivity contribution is 7.15. The van der Waals surface area contributed by atoms with Gasteiger partial charge in [0.05, 0.1) is 24.8 Å². The van der Waals surface area contributed by atoms with Gasteiger partial charge in [0.1, 0.15) is 5.01 Å². The maximum Gasteiger partial charge on any atom is 0.161 e. The minimum atomic E-state index is 0.742. The summed E-state index contributed by atoms with van der Waals surface area (Å²) < 4.78 is 10.6. The number of ether oxygens (including phenoxy) is 2. The molecular formula is C15H20N2O2S. The second kappa shape index (κ2) is 6.72. The Labute approximate surface area is 123 Å². The maximum atomic E-state index is 5.36. The third-order valence-corrected chi connectivity index (χ3v) is 4.22. The quantitative estimate of drug-likeness (QED) is 0.887. The molecule has 0 radical (unpaired) electrons. The summed E-state index contributed by atoms with van der Waals surface area (Å²) in [5.74, 6) is 1.48. The van der Waals surface area contributed by atoms with Crippen LogP contribution in [-0.2, 0) is 6.54 Å². The van der Waals surface area contributed by atoms with Crippen LogP contribution in [0.4, 0.5) is 0 Å². The van der Waals surface area contributed by atoms with Crippen molar-refractivity contribution in [3.05, 3.63) is 28.9 Å². The Kier molecular flexibility index (Phi) is 4.98. The SMILES string of the molecule is CCNCc1nc(C)c(-c2ccc(OC)c(OC)c2)s1. The molecule has 5 heteroatoms. The molecule has 0 aliphatic rings. The van der Waals surface area contributed by atoms with Crippen LogP contribution in [0, 0.1) is 6.92 Å². The van der Waals surface area contributed by atoms with Gasteiger partial charge in [-0.05, 0) is 37.2 Å². The monoisotopic (exact) mass is 292 g/mol. The summed E-state index contributed by atoms with van der Waals surface area (Å²) in [5, 5.41) is 4.41. The Morgan fingerprint density at radius 3 is 2.60 bits per heavy atom. The van der Waals surface area contributed by atoms with E-state index in [1.165, 1.54) is 4.88 Å². The van der Waals surface area contributed by atoms with E-state index in [4.69, 9.17) is 9.47 Å². The molecule has 0 unspecified atom stereocenters. The molecule has 0 aliphatic carbocycles. The van der Waals surface area contributed by atoms with Gasteiger partial charge in [0.25, 0.3) is 0 Å². The molecule has 1 aromatic carbocycles. The van der Waals surface area contributed by atoms with Crippen LogP contribution in [0.5, 0.6) is 11.5 Å². The van der Waals surface area contributed by atoms with E-state index >= 15 is 0 Å². The first-order valence-electron chi connectivity index (χ1n) is 6.59. The molecule has 0 saturated heterocycles. The van der Waals surface area contributed by atoms with Crippen LogP contribution in [0.1, 0.15) is 17.6 Å². The first kappa shape index (κ1) is 14.8. The Bertz CT molecular complexity index is 581. The zero-order valence-corrected chi connectivity index (χ0v) is 13.1. The summed E-state index contributed by atoms with van der Waals surface area (Å²) >= 11 is 1.72. The van der Waals surface area contributed by atoms with Crippen molar-refractivity contribution in [2.75, 3.05) is 20.8 Å². The second-order valence-electron chi connectivity index (χ2n) is 4.37. The number of methoxy groups -OCH3 is 2. The van der Waals surface area contributed by atoms with Crippen LogP contribution in [0.15, 0.2) is 18.2 Å². The zero-order chi connectivity index (χ0) is 14.5. The van der Waals surface area contributed by atoms with Gasteiger partial charge in [-0.2, -0.15) is 0 Å². The predicted octanol–water partition coefficient (Wildman–Crippen LogP) is 3.25. The first-order valence-corrected chi connectivity index (χ1v) is 7.40. The Hall–Kier alpha value is -1.59. The molecule has 1 heterocycles. The lowest BCUT2D eigenvalue weighted by Crippen LogP contribution is -2.11. The van der Waals surface area contributed by atoms with E-state index in [0.717, 1.165) is 40.9 Å². The van der Waals surface area contributed by atoms with Crippen molar-refractivity contribution < 1.29 is 9.47 Å². The van der Waals surface area contributed by atoms with Gasteiger partial charge in [-0.3, -0.25) is 0 Å². The molecule has 1 N–H and O–H groups in total. The lowest BCUT2D eigenvalue weighted by Gasteiger charge is -2.08. The van der Waals surface area contributed by atoms with Crippen LogP contribution in [0.25, 0.3) is 10.4 Å². The third kappa shape index (κ3) is 3.11. The minimum absolute atomic E-state index is 0.742. The molecular weight excluding hydrogens is 272 g/mol. The van der Waals surface area contributed by atoms with Gasteiger partial charge in [0, 0.05) is 6.54 Å². The molecule has 0 atom stereocenters. The van der Waals surface area contributed by atoms with Gasteiger partial charge >= 0.3 is 0 Å². The van der Waals surface area contributed by atoms with Crippen molar-refractivity contribution in [1.29, 1.82) is 0 Å². The van der Waals surface area contributed by atoms with E-state index < -0.39 is 0 Å². The fourth-order valence-corrected chi connectivity index (χ4v) is 3.04. The van der Waals surface area contributed by atoms with E-state index in [-0.39, 0.29) is 0 Å². The number of benzene rings is 1. The molecule has 2 aromatic rings. The molecule has 0 aliphatic heterocycles. The largest absolute Gasteiger partial charge is 0.493 e. The summed E-state index contributed by atoms with van der Waals surface area (Å²) in [5.41, 5.74) is 2.16. The van der Waals surface area contributed by atoms with Crippen LogP contribution in [0.2, 0.25) is 0 Å². The van der Waals surface area contributed by atoms with Crippen molar-refractivity contribution in [3.63, 3.8) is 0 Å². The fourth-order valence-electron chi connectivity index (χ4n) is 2.01. The van der Waals surface area contributed by atoms with Gasteiger partial charge in [0.15, 0.2) is 11.5 Å². The van der Waals surface area contributed by atoms with Crippen molar-refractivity contribution >= 4 is 11.3 Å². The predicted molar refractivity (Wildman–Crippen MR) is 82.8 cm³/mol. The van der Waals surface area contributed by atoms with Gasteiger partial charge < -0.3 is 14.8 Å². The van der Waals surface area contributed by atoms with Gasteiger partial charge in [-0.25, -0.2) is 4.98 Å². The van der Waals surface area contributed by atoms with Crippen LogP contribution >= 0.6 is 11.3 Å². The number of rotatable bonds is 6. The number of hydrogen-bond acceptors (Lipinski definition) is 5. The topological polar surface area (TPSA) is 43.4 Å². The van der Waals surface area contributed by atoms with Crippen molar-refractivity contribution in [3.8, 4) is 21.9 Å². The van der Waals surface area contributed by atoms with Crippen molar-refractivity contribution in [1.82, 2.24) is 10.3 Å². The molecule has 0 saturated carbocycles. The fraction of sp³-hybridized carbons (Fsp3) is 0.400. The van der Waals surface area contributed by atoms with Gasteiger partial charge in [0.2, 0.25) is 0 Å². The van der Waals surface area contributed by atoms with Crippen LogP contribution < -0.4 is 14.8 Å². The highest BCUT2D eigenvalue weighted by Gasteiger charge is 2.12. The van der Waals surface area contributed by atoms with Gasteiger partial charge in [-0.1, -0.05) is 6.92 Å². The molecule has 2 rings (SSSR count). The molecule has 108 valence electrons. The first-order chi connectivity index (χ1) is 9.69. The summed E-state index contributed by atoms with van der Waals surface area (Å²) in [6, 6.07) is 5.96. The normalized spacial score (nSPS) is 10.6. The Balaban J connectivity index is 2.33. The number of thiazole rings is 1. The van der Waals surface area contributed by atoms with E-state index in [1.807, 2.05) is 25.1 Å². The maximum absolute atomic E-state index is 5.36. The number of hydrogen-bond donors (Lipinski definition) is 1. The number of aryl methyl sites for hydroxylation is 1. The summed E-state index contributed by atoms with van der Waals surface area (Å²) in [4.78, 5) is 5.79. The standard InChI is InChI=1S/C15H20N2O2S/c1-5-16-9-14-17-10(2)15(20-14)11-6-7-12(18-3)13(8-11)19-4/h6-8,16H,5,9H2,1-4H3. The molecule has 20 heavy (non-hydrogen) atoms. The highest BCUT2D eigenvalue weighted by atomic mass is 32.1. The molecule has 4 nitrogen and oxygen atoms in total. The van der Waals surface area contributed by atoms with E-state index in [9.17, 15) is 0 Å². The minimum Gasteiger partial charge on any atom is -0.493 e. The second-order valence-corrected chi connectivity index (χ2v) is 5.46. The molecule has 0 bridgehead atoms. The Morgan fingerprint density at radius 1 is 1.20 bits per heavy atom. The zero-order valence-electron chi connectivity index (χ0n) is 12.3. The number of aromatic nitrogens is 1. The summed E-state index contributed by atoms with van der Waals surface area (Å²) in [6.07, 6.45) is 0. The average molecular weight is 292 g/mol.